The summed E-state index contributed by atoms with van der Waals surface area (Å²) in [7, 11) is -1.68. The molecule has 0 saturated carbocycles. The Morgan fingerprint density at radius 2 is 1.65 bits per heavy atom. The summed E-state index contributed by atoms with van der Waals surface area (Å²) in [6, 6.07) is 0.441. The van der Waals surface area contributed by atoms with Gasteiger partial charge in [0.25, 0.3) is 10.2 Å². The second-order valence-electron chi connectivity index (χ2n) is 6.07. The van der Waals surface area contributed by atoms with Gasteiger partial charge in [-0.2, -0.15) is 12.7 Å². The Morgan fingerprint density at radius 1 is 1.00 bits per heavy atom. The van der Waals surface area contributed by atoms with Crippen LogP contribution in [-0.4, -0.2) is 45.4 Å². The van der Waals surface area contributed by atoms with Crippen LogP contribution < -0.4 is 10.0 Å². The van der Waals surface area contributed by atoms with Crippen molar-refractivity contribution in [2.45, 2.75) is 59.4 Å². The first-order chi connectivity index (χ1) is 9.25. The van der Waals surface area contributed by atoms with E-state index in [2.05, 4.69) is 37.7 Å². The maximum atomic E-state index is 12.0. The molecule has 2 N–H and O–H groups in total. The van der Waals surface area contributed by atoms with Gasteiger partial charge in [0, 0.05) is 26.2 Å². The SMILES string of the molecule is CC(C)CCCCNS(=O)(=O)N(C)CCCNC(C)C. The maximum Gasteiger partial charge on any atom is 0.279 e. The van der Waals surface area contributed by atoms with Gasteiger partial charge in [0.1, 0.15) is 0 Å². The molecule has 0 saturated heterocycles. The van der Waals surface area contributed by atoms with Crippen LogP contribution in [0.5, 0.6) is 0 Å². The van der Waals surface area contributed by atoms with Gasteiger partial charge in [0.05, 0.1) is 0 Å². The lowest BCUT2D eigenvalue weighted by Gasteiger charge is -2.18. The van der Waals surface area contributed by atoms with E-state index in [-0.39, 0.29) is 0 Å². The van der Waals surface area contributed by atoms with Crippen molar-refractivity contribution in [3.63, 3.8) is 0 Å². The van der Waals surface area contributed by atoms with Crippen LogP contribution in [-0.2, 0) is 10.2 Å². The average molecular weight is 308 g/mol. The van der Waals surface area contributed by atoms with Gasteiger partial charge in [-0.15, -0.1) is 0 Å². The fourth-order valence-electron chi connectivity index (χ4n) is 1.80. The molecule has 0 amide bonds. The molecule has 0 fully saturated rings. The van der Waals surface area contributed by atoms with E-state index in [1.807, 2.05) is 0 Å². The largest absolute Gasteiger partial charge is 0.314 e. The van der Waals surface area contributed by atoms with Crippen molar-refractivity contribution in [1.29, 1.82) is 0 Å². The van der Waals surface area contributed by atoms with Gasteiger partial charge in [-0.3, -0.25) is 0 Å². The maximum absolute atomic E-state index is 12.0. The minimum atomic E-state index is -3.31. The van der Waals surface area contributed by atoms with Crippen LogP contribution in [0.3, 0.4) is 0 Å². The molecule has 0 bridgehead atoms. The van der Waals surface area contributed by atoms with Crippen LogP contribution >= 0.6 is 0 Å². The summed E-state index contributed by atoms with van der Waals surface area (Å²) in [5.41, 5.74) is 0. The van der Waals surface area contributed by atoms with Gasteiger partial charge in [-0.05, 0) is 25.3 Å². The van der Waals surface area contributed by atoms with E-state index in [4.69, 9.17) is 0 Å². The van der Waals surface area contributed by atoms with E-state index in [9.17, 15) is 8.42 Å². The van der Waals surface area contributed by atoms with Crippen molar-refractivity contribution in [2.24, 2.45) is 5.92 Å². The fourth-order valence-corrected chi connectivity index (χ4v) is 2.79. The molecule has 5 nitrogen and oxygen atoms in total. The predicted molar refractivity (Wildman–Crippen MR) is 86.0 cm³/mol. The number of nitrogens with zero attached hydrogens (tertiary/aromatic N) is 1. The van der Waals surface area contributed by atoms with Crippen LogP contribution in [0.2, 0.25) is 0 Å². The van der Waals surface area contributed by atoms with E-state index in [1.54, 1.807) is 7.05 Å². The molecule has 6 heteroatoms. The normalized spacial score (nSPS) is 12.8. The molecule has 0 atom stereocenters. The molecule has 20 heavy (non-hydrogen) atoms. The lowest BCUT2D eigenvalue weighted by atomic mass is 10.1. The summed E-state index contributed by atoms with van der Waals surface area (Å²) in [6.07, 6.45) is 3.95. The third-order valence-electron chi connectivity index (χ3n) is 3.11. The fraction of sp³-hybridized carbons (Fsp3) is 1.00. The molecular weight excluding hydrogens is 274 g/mol. The highest BCUT2D eigenvalue weighted by Gasteiger charge is 2.15. The van der Waals surface area contributed by atoms with E-state index in [0.717, 1.165) is 32.2 Å². The van der Waals surface area contributed by atoms with Gasteiger partial charge >= 0.3 is 0 Å². The first-order valence-corrected chi connectivity index (χ1v) is 9.14. The van der Waals surface area contributed by atoms with Crippen molar-refractivity contribution in [3.8, 4) is 0 Å². The zero-order valence-corrected chi connectivity index (χ0v) is 14.6. The molecule has 122 valence electrons. The van der Waals surface area contributed by atoms with Gasteiger partial charge < -0.3 is 5.32 Å². The molecule has 0 aliphatic rings. The Hall–Kier alpha value is -0.170. The van der Waals surface area contributed by atoms with Gasteiger partial charge in [0.2, 0.25) is 0 Å². The number of hydrogen-bond acceptors (Lipinski definition) is 3. The first-order valence-electron chi connectivity index (χ1n) is 7.70. The van der Waals surface area contributed by atoms with Gasteiger partial charge in [-0.25, -0.2) is 4.72 Å². The Kier molecular flexibility index (Phi) is 10.5. The first kappa shape index (κ1) is 19.8. The number of unbranched alkanes of at least 4 members (excludes halogenated alkanes) is 1. The molecule has 0 aromatic carbocycles. The van der Waals surface area contributed by atoms with E-state index in [0.29, 0.717) is 25.0 Å². The van der Waals surface area contributed by atoms with Crippen molar-refractivity contribution >= 4 is 10.2 Å². The second-order valence-corrected chi connectivity index (χ2v) is 7.94. The summed E-state index contributed by atoms with van der Waals surface area (Å²) < 4.78 is 28.0. The Bertz CT molecular complexity index is 329. The molecule has 0 aliphatic heterocycles. The Morgan fingerprint density at radius 3 is 2.20 bits per heavy atom. The second kappa shape index (κ2) is 10.5. The summed E-state index contributed by atoms with van der Waals surface area (Å²) >= 11 is 0. The van der Waals surface area contributed by atoms with Crippen LogP contribution in [0.1, 0.15) is 53.4 Å². The minimum Gasteiger partial charge on any atom is -0.314 e. The minimum absolute atomic E-state index is 0.441. The zero-order valence-electron chi connectivity index (χ0n) is 13.8. The van der Waals surface area contributed by atoms with Crippen molar-refractivity contribution in [2.75, 3.05) is 26.7 Å². The molecule has 0 aromatic rings. The molecule has 0 aromatic heterocycles. The Balaban J connectivity index is 3.80. The molecule has 0 rings (SSSR count). The average Bonchev–Trinajstić information content (AvgIpc) is 2.33. The lowest BCUT2D eigenvalue weighted by molar-refractivity contribution is 0.437. The summed E-state index contributed by atoms with van der Waals surface area (Å²) in [6.45, 7) is 10.4. The number of hydrogen-bond donors (Lipinski definition) is 2. The highest BCUT2D eigenvalue weighted by atomic mass is 32.2. The molecule has 0 radical (unpaired) electrons. The van der Waals surface area contributed by atoms with Gasteiger partial charge in [-0.1, -0.05) is 40.5 Å². The highest BCUT2D eigenvalue weighted by Crippen LogP contribution is 2.05. The molecule has 0 spiro atoms. The van der Waals surface area contributed by atoms with E-state index in [1.165, 1.54) is 4.31 Å². The summed E-state index contributed by atoms with van der Waals surface area (Å²) in [4.78, 5) is 0. The van der Waals surface area contributed by atoms with Crippen LogP contribution in [0.15, 0.2) is 0 Å². The quantitative estimate of drug-likeness (QED) is 0.542. The molecule has 0 heterocycles. The van der Waals surface area contributed by atoms with Crippen LogP contribution in [0.4, 0.5) is 0 Å². The van der Waals surface area contributed by atoms with Gasteiger partial charge in [0.15, 0.2) is 0 Å². The van der Waals surface area contributed by atoms with Crippen molar-refractivity contribution in [1.82, 2.24) is 14.3 Å². The molecule has 0 unspecified atom stereocenters. The van der Waals surface area contributed by atoms with Crippen molar-refractivity contribution in [3.05, 3.63) is 0 Å². The monoisotopic (exact) mass is 307 g/mol. The Labute approximate surface area is 125 Å². The molecular formula is C14H33N3O2S. The standard InChI is InChI=1S/C14H33N3O2S/c1-13(2)9-6-7-11-16-20(18,19)17(5)12-8-10-15-14(3)4/h13-16H,6-12H2,1-5H3. The molecule has 0 aliphatic carbocycles. The van der Waals surface area contributed by atoms with Crippen LogP contribution in [0, 0.1) is 5.92 Å². The third kappa shape index (κ3) is 10.6. The smallest absolute Gasteiger partial charge is 0.279 e. The van der Waals surface area contributed by atoms with Crippen molar-refractivity contribution < 1.29 is 8.42 Å². The topological polar surface area (TPSA) is 61.4 Å². The zero-order chi connectivity index (χ0) is 15.6. The highest BCUT2D eigenvalue weighted by molar-refractivity contribution is 7.87. The number of nitrogens with one attached hydrogen (secondary N) is 2. The summed E-state index contributed by atoms with van der Waals surface area (Å²) in [5.74, 6) is 0.683. The van der Waals surface area contributed by atoms with E-state index >= 15 is 0 Å². The van der Waals surface area contributed by atoms with E-state index < -0.39 is 10.2 Å². The van der Waals surface area contributed by atoms with Crippen LogP contribution in [0.25, 0.3) is 0 Å². The lowest BCUT2D eigenvalue weighted by Crippen LogP contribution is -2.40. The predicted octanol–water partition coefficient (Wildman–Crippen LogP) is 1.97. The number of rotatable bonds is 12. The third-order valence-corrected chi connectivity index (χ3v) is 4.68. The summed E-state index contributed by atoms with van der Waals surface area (Å²) in [5, 5.41) is 3.28.